The first-order chi connectivity index (χ1) is 7.75. The van der Waals surface area contributed by atoms with E-state index in [1.807, 2.05) is 0 Å². The number of primary amides is 1. The van der Waals surface area contributed by atoms with Gasteiger partial charge in [-0.2, -0.15) is 0 Å². The number of hydrogen-bond acceptors (Lipinski definition) is 4. The van der Waals surface area contributed by atoms with Gasteiger partial charge in [-0.15, -0.1) is 0 Å². The summed E-state index contributed by atoms with van der Waals surface area (Å²) in [5.41, 5.74) is 6.37. The van der Waals surface area contributed by atoms with Crippen molar-refractivity contribution in [2.45, 2.75) is 19.3 Å². The van der Waals surface area contributed by atoms with Crippen molar-refractivity contribution >= 4 is 5.91 Å². The van der Waals surface area contributed by atoms with Gasteiger partial charge < -0.3 is 11.1 Å². The van der Waals surface area contributed by atoms with Crippen molar-refractivity contribution in [2.75, 3.05) is 13.1 Å². The van der Waals surface area contributed by atoms with Crippen LogP contribution in [0.1, 0.15) is 29.0 Å². The molecule has 1 aliphatic heterocycles. The monoisotopic (exact) mass is 220 g/mol. The van der Waals surface area contributed by atoms with Gasteiger partial charge in [0.05, 0.1) is 0 Å². The molecular formula is C11H16N4O. The molecule has 16 heavy (non-hydrogen) atoms. The summed E-state index contributed by atoms with van der Waals surface area (Å²) < 4.78 is 0. The topological polar surface area (TPSA) is 80.9 Å². The summed E-state index contributed by atoms with van der Waals surface area (Å²) in [6, 6.07) is 1.69. The molecule has 1 amide bonds. The van der Waals surface area contributed by atoms with Crippen molar-refractivity contribution < 1.29 is 4.79 Å². The number of amides is 1. The Hall–Kier alpha value is -1.49. The lowest BCUT2D eigenvalue weighted by Gasteiger charge is -2.22. The van der Waals surface area contributed by atoms with Crippen LogP contribution in [0, 0.1) is 5.92 Å². The number of aromatic nitrogens is 2. The molecule has 1 aromatic rings. The van der Waals surface area contributed by atoms with Gasteiger partial charge >= 0.3 is 0 Å². The fourth-order valence-electron chi connectivity index (χ4n) is 2.04. The summed E-state index contributed by atoms with van der Waals surface area (Å²) in [6.45, 7) is 2.13. The number of nitrogens with zero attached hydrogens (tertiary/aromatic N) is 2. The maximum absolute atomic E-state index is 11.0. The number of nitrogens with one attached hydrogen (secondary N) is 1. The molecule has 0 radical (unpaired) electrons. The third-order valence-corrected chi connectivity index (χ3v) is 2.87. The molecule has 1 fully saturated rings. The zero-order chi connectivity index (χ0) is 11.4. The molecule has 0 aromatic carbocycles. The Morgan fingerprint density at radius 1 is 1.56 bits per heavy atom. The maximum Gasteiger partial charge on any atom is 0.267 e. The van der Waals surface area contributed by atoms with Crippen molar-refractivity contribution in [3.05, 3.63) is 23.8 Å². The minimum absolute atomic E-state index is 0.300. The van der Waals surface area contributed by atoms with Crippen LogP contribution in [-0.4, -0.2) is 29.0 Å². The second kappa shape index (κ2) is 5.03. The van der Waals surface area contributed by atoms with Crippen molar-refractivity contribution in [3.63, 3.8) is 0 Å². The molecule has 2 heterocycles. The zero-order valence-electron chi connectivity index (χ0n) is 9.15. The highest BCUT2D eigenvalue weighted by Gasteiger charge is 2.14. The molecule has 0 aliphatic carbocycles. The van der Waals surface area contributed by atoms with Gasteiger partial charge in [0.1, 0.15) is 12.0 Å². The molecule has 0 saturated carbocycles. The lowest BCUT2D eigenvalue weighted by molar-refractivity contribution is 0.0995. The van der Waals surface area contributed by atoms with Crippen LogP contribution in [0.25, 0.3) is 0 Å². The summed E-state index contributed by atoms with van der Waals surface area (Å²) in [6.07, 6.45) is 4.71. The molecule has 2 rings (SSSR count). The molecule has 3 N–H and O–H groups in total. The quantitative estimate of drug-likeness (QED) is 0.758. The summed E-state index contributed by atoms with van der Waals surface area (Å²) in [7, 11) is 0. The normalized spacial score (nSPS) is 20.6. The van der Waals surface area contributed by atoms with E-state index in [0.29, 0.717) is 11.6 Å². The number of carbonyl (C=O) groups excluding carboxylic acids is 1. The second-order valence-corrected chi connectivity index (χ2v) is 4.18. The van der Waals surface area contributed by atoms with Crippen LogP contribution in [0.15, 0.2) is 12.4 Å². The van der Waals surface area contributed by atoms with Crippen LogP contribution in [0.4, 0.5) is 0 Å². The third kappa shape index (κ3) is 2.76. The first-order valence-electron chi connectivity index (χ1n) is 5.57. The molecule has 1 atom stereocenters. The van der Waals surface area contributed by atoms with Gasteiger partial charge in [0.25, 0.3) is 5.91 Å². The molecule has 1 aromatic heterocycles. The van der Waals surface area contributed by atoms with E-state index in [1.54, 1.807) is 6.07 Å². The Morgan fingerprint density at radius 2 is 2.44 bits per heavy atom. The van der Waals surface area contributed by atoms with E-state index < -0.39 is 5.91 Å². The van der Waals surface area contributed by atoms with Crippen LogP contribution in [0.5, 0.6) is 0 Å². The van der Waals surface area contributed by atoms with Gasteiger partial charge in [-0.3, -0.25) is 4.79 Å². The molecule has 5 nitrogen and oxygen atoms in total. The van der Waals surface area contributed by atoms with E-state index >= 15 is 0 Å². The predicted octanol–water partition coefficient (Wildman–Crippen LogP) is 0.118. The maximum atomic E-state index is 11.0. The highest BCUT2D eigenvalue weighted by molar-refractivity contribution is 5.90. The Balaban J connectivity index is 2.02. The van der Waals surface area contributed by atoms with Crippen LogP contribution in [0.2, 0.25) is 0 Å². The van der Waals surface area contributed by atoms with E-state index in [1.165, 1.54) is 19.2 Å². The fraction of sp³-hybridized carbons (Fsp3) is 0.545. The standard InChI is InChI=1S/C11H16N4O/c12-11(16)10-5-9(14-7-15-10)4-8-2-1-3-13-6-8/h5,7-8,13H,1-4,6H2,(H2,12,16). The number of rotatable bonds is 3. The first kappa shape index (κ1) is 11.0. The van der Waals surface area contributed by atoms with Gasteiger partial charge in [-0.25, -0.2) is 9.97 Å². The molecule has 1 unspecified atom stereocenters. The minimum atomic E-state index is -0.495. The smallest absolute Gasteiger partial charge is 0.267 e. The number of piperidine rings is 1. The van der Waals surface area contributed by atoms with E-state index in [9.17, 15) is 4.79 Å². The van der Waals surface area contributed by atoms with Crippen molar-refractivity contribution in [1.82, 2.24) is 15.3 Å². The first-order valence-corrected chi connectivity index (χ1v) is 5.57. The Bertz CT molecular complexity index is 374. The van der Waals surface area contributed by atoms with Crippen molar-refractivity contribution in [1.29, 1.82) is 0 Å². The van der Waals surface area contributed by atoms with Crippen molar-refractivity contribution in [3.8, 4) is 0 Å². The van der Waals surface area contributed by atoms with Gasteiger partial charge in [0, 0.05) is 5.69 Å². The third-order valence-electron chi connectivity index (χ3n) is 2.87. The second-order valence-electron chi connectivity index (χ2n) is 4.18. The summed E-state index contributed by atoms with van der Waals surface area (Å²) in [5.74, 6) is 0.106. The van der Waals surface area contributed by atoms with Gasteiger partial charge in [0.15, 0.2) is 0 Å². The van der Waals surface area contributed by atoms with E-state index in [4.69, 9.17) is 5.73 Å². The van der Waals surface area contributed by atoms with E-state index in [0.717, 1.165) is 25.2 Å². The lowest BCUT2D eigenvalue weighted by Crippen LogP contribution is -2.31. The average molecular weight is 220 g/mol. The summed E-state index contributed by atoms with van der Waals surface area (Å²) in [5, 5.41) is 3.36. The predicted molar refractivity (Wildman–Crippen MR) is 59.8 cm³/mol. The summed E-state index contributed by atoms with van der Waals surface area (Å²) in [4.78, 5) is 19.0. The zero-order valence-corrected chi connectivity index (χ0v) is 9.15. The Morgan fingerprint density at radius 3 is 3.12 bits per heavy atom. The molecule has 5 heteroatoms. The highest BCUT2D eigenvalue weighted by atomic mass is 16.1. The van der Waals surface area contributed by atoms with Gasteiger partial charge in [0.2, 0.25) is 0 Å². The molecular weight excluding hydrogens is 204 g/mol. The van der Waals surface area contributed by atoms with Crippen LogP contribution >= 0.6 is 0 Å². The minimum Gasteiger partial charge on any atom is -0.364 e. The average Bonchev–Trinajstić information content (AvgIpc) is 2.30. The number of carbonyl (C=O) groups is 1. The summed E-state index contributed by atoms with van der Waals surface area (Å²) >= 11 is 0. The molecule has 1 saturated heterocycles. The lowest BCUT2D eigenvalue weighted by atomic mass is 9.94. The van der Waals surface area contributed by atoms with Gasteiger partial charge in [-0.05, 0) is 44.3 Å². The largest absolute Gasteiger partial charge is 0.364 e. The molecule has 1 aliphatic rings. The Kier molecular flexibility index (Phi) is 3.46. The fourth-order valence-corrected chi connectivity index (χ4v) is 2.04. The molecule has 0 spiro atoms. The highest BCUT2D eigenvalue weighted by Crippen LogP contribution is 2.15. The SMILES string of the molecule is NC(=O)c1cc(CC2CCCNC2)ncn1. The number of hydrogen-bond donors (Lipinski definition) is 2. The van der Waals surface area contributed by atoms with E-state index in [2.05, 4.69) is 15.3 Å². The van der Waals surface area contributed by atoms with Crippen LogP contribution in [0.3, 0.4) is 0 Å². The molecule has 0 bridgehead atoms. The number of nitrogens with two attached hydrogens (primary N) is 1. The van der Waals surface area contributed by atoms with Crippen LogP contribution in [-0.2, 0) is 6.42 Å². The Labute approximate surface area is 94.5 Å². The van der Waals surface area contributed by atoms with Crippen LogP contribution < -0.4 is 11.1 Å². The molecule has 86 valence electrons. The van der Waals surface area contributed by atoms with Crippen molar-refractivity contribution in [2.24, 2.45) is 11.7 Å². The van der Waals surface area contributed by atoms with Gasteiger partial charge in [-0.1, -0.05) is 0 Å². The van der Waals surface area contributed by atoms with E-state index in [-0.39, 0.29) is 0 Å².